The van der Waals surface area contributed by atoms with E-state index in [0.29, 0.717) is 25.0 Å². The predicted octanol–water partition coefficient (Wildman–Crippen LogP) is 2.93. The molecule has 29 heavy (non-hydrogen) atoms. The zero-order valence-electron chi connectivity index (χ0n) is 16.8. The molecule has 0 amide bonds. The zero-order chi connectivity index (χ0) is 21.3. The molecule has 0 spiro atoms. The van der Waals surface area contributed by atoms with Crippen LogP contribution in [0.1, 0.15) is 31.4 Å². The van der Waals surface area contributed by atoms with E-state index >= 15 is 0 Å². The standard InChI is InChI=1S/C22H28N2O4S/c1-3-20(22(25)28-4-2)21(15-12-17-8-6-5-7-9-17)24-29(26,27)19-13-10-18(16-23)11-14-19/h3,5-11,13-14,21,24H,4,12,15-16,23H2,1-2H3. The monoisotopic (exact) mass is 416 g/mol. The van der Waals surface area contributed by atoms with Crippen molar-refractivity contribution in [1.82, 2.24) is 4.72 Å². The quantitative estimate of drug-likeness (QED) is 0.458. The molecule has 0 aliphatic heterocycles. The van der Waals surface area contributed by atoms with Gasteiger partial charge in [0.25, 0.3) is 0 Å². The van der Waals surface area contributed by atoms with Gasteiger partial charge in [-0.3, -0.25) is 0 Å². The predicted molar refractivity (Wildman–Crippen MR) is 114 cm³/mol. The maximum atomic E-state index is 12.9. The molecule has 0 saturated heterocycles. The molecule has 0 aliphatic rings. The van der Waals surface area contributed by atoms with Gasteiger partial charge in [-0.15, -0.1) is 0 Å². The van der Waals surface area contributed by atoms with Gasteiger partial charge >= 0.3 is 5.97 Å². The van der Waals surface area contributed by atoms with Gasteiger partial charge in [-0.2, -0.15) is 0 Å². The number of benzene rings is 2. The van der Waals surface area contributed by atoms with E-state index in [2.05, 4.69) is 4.72 Å². The van der Waals surface area contributed by atoms with Crippen LogP contribution in [-0.2, 0) is 32.5 Å². The second-order valence-electron chi connectivity index (χ2n) is 6.51. The number of esters is 1. The molecule has 0 fully saturated rings. The first-order valence-corrected chi connectivity index (χ1v) is 11.1. The Morgan fingerprint density at radius 2 is 1.76 bits per heavy atom. The van der Waals surface area contributed by atoms with Crippen LogP contribution in [0.3, 0.4) is 0 Å². The number of ether oxygens (including phenoxy) is 1. The molecular formula is C22H28N2O4S. The van der Waals surface area contributed by atoms with Gasteiger partial charge in [0.1, 0.15) is 0 Å². The van der Waals surface area contributed by atoms with Gasteiger partial charge in [-0.05, 0) is 49.9 Å². The largest absolute Gasteiger partial charge is 0.463 e. The molecule has 0 bridgehead atoms. The van der Waals surface area contributed by atoms with Gasteiger partial charge in [0, 0.05) is 6.54 Å². The fraction of sp³-hybridized carbons (Fsp3) is 0.318. The first kappa shape index (κ1) is 22.8. The Hall–Kier alpha value is -2.48. The van der Waals surface area contributed by atoms with Gasteiger partial charge in [0.15, 0.2) is 0 Å². The van der Waals surface area contributed by atoms with Gasteiger partial charge in [-0.1, -0.05) is 48.5 Å². The number of aryl methyl sites for hydroxylation is 1. The van der Waals surface area contributed by atoms with E-state index in [4.69, 9.17) is 10.5 Å². The van der Waals surface area contributed by atoms with Crippen LogP contribution >= 0.6 is 0 Å². The molecule has 3 N–H and O–H groups in total. The summed E-state index contributed by atoms with van der Waals surface area (Å²) < 4.78 is 33.7. The number of nitrogens with two attached hydrogens (primary N) is 1. The fourth-order valence-electron chi connectivity index (χ4n) is 2.97. The minimum absolute atomic E-state index is 0.124. The molecule has 2 rings (SSSR count). The van der Waals surface area contributed by atoms with E-state index in [-0.39, 0.29) is 11.5 Å². The zero-order valence-corrected chi connectivity index (χ0v) is 17.6. The van der Waals surface area contributed by atoms with Crippen molar-refractivity contribution in [1.29, 1.82) is 0 Å². The number of sulfonamides is 1. The van der Waals surface area contributed by atoms with E-state index in [1.54, 1.807) is 32.1 Å². The molecule has 2 aromatic carbocycles. The van der Waals surface area contributed by atoms with E-state index in [1.165, 1.54) is 12.1 Å². The lowest BCUT2D eigenvalue weighted by Crippen LogP contribution is -2.39. The Morgan fingerprint density at radius 3 is 2.31 bits per heavy atom. The third-order valence-corrected chi connectivity index (χ3v) is 6.02. The summed E-state index contributed by atoms with van der Waals surface area (Å²) in [7, 11) is -3.83. The second kappa shape index (κ2) is 10.9. The highest BCUT2D eigenvalue weighted by Gasteiger charge is 2.27. The number of hydrogen-bond donors (Lipinski definition) is 2. The van der Waals surface area contributed by atoms with E-state index in [0.717, 1.165) is 11.1 Å². The van der Waals surface area contributed by atoms with Crippen molar-refractivity contribution in [3.05, 3.63) is 77.4 Å². The molecule has 1 unspecified atom stereocenters. The maximum Gasteiger partial charge on any atom is 0.335 e. The topological polar surface area (TPSA) is 98.5 Å². The summed E-state index contributed by atoms with van der Waals surface area (Å²) in [6.07, 6.45) is 2.63. The van der Waals surface area contributed by atoms with Crippen LogP contribution in [0.25, 0.3) is 0 Å². The van der Waals surface area contributed by atoms with E-state index in [9.17, 15) is 13.2 Å². The second-order valence-corrected chi connectivity index (χ2v) is 8.22. The average molecular weight is 417 g/mol. The summed E-state index contributed by atoms with van der Waals surface area (Å²) >= 11 is 0. The van der Waals surface area contributed by atoms with Crippen LogP contribution in [0.5, 0.6) is 0 Å². The van der Waals surface area contributed by atoms with Crippen molar-refractivity contribution in [3.63, 3.8) is 0 Å². The summed E-state index contributed by atoms with van der Waals surface area (Å²) in [4.78, 5) is 12.5. The third kappa shape index (κ3) is 6.52. The number of hydrogen-bond acceptors (Lipinski definition) is 5. The molecule has 0 radical (unpaired) electrons. The van der Waals surface area contributed by atoms with Crippen molar-refractivity contribution < 1.29 is 17.9 Å². The van der Waals surface area contributed by atoms with Crippen LogP contribution < -0.4 is 10.5 Å². The van der Waals surface area contributed by atoms with Gasteiger partial charge in [0.05, 0.1) is 23.1 Å². The van der Waals surface area contributed by atoms with Crippen molar-refractivity contribution in [2.75, 3.05) is 6.61 Å². The Labute approximate surface area is 172 Å². The molecule has 0 heterocycles. The van der Waals surface area contributed by atoms with Gasteiger partial charge < -0.3 is 10.5 Å². The van der Waals surface area contributed by atoms with Crippen molar-refractivity contribution in [2.24, 2.45) is 5.73 Å². The number of carbonyl (C=O) groups excluding carboxylic acids is 1. The number of carbonyl (C=O) groups is 1. The highest BCUT2D eigenvalue weighted by atomic mass is 32.2. The molecular weight excluding hydrogens is 388 g/mol. The molecule has 0 saturated carbocycles. The summed E-state index contributed by atoms with van der Waals surface area (Å²) in [5.74, 6) is -0.519. The molecule has 1 atom stereocenters. The van der Waals surface area contributed by atoms with Gasteiger partial charge in [0.2, 0.25) is 10.0 Å². The fourth-order valence-corrected chi connectivity index (χ4v) is 4.22. The summed E-state index contributed by atoms with van der Waals surface area (Å²) in [5.41, 5.74) is 7.77. The van der Waals surface area contributed by atoms with Crippen molar-refractivity contribution in [3.8, 4) is 0 Å². The normalized spacial score (nSPS) is 13.1. The van der Waals surface area contributed by atoms with Crippen LogP contribution in [0.15, 0.2) is 71.1 Å². The summed E-state index contributed by atoms with van der Waals surface area (Å²) in [6.45, 7) is 3.97. The van der Waals surface area contributed by atoms with E-state index < -0.39 is 22.0 Å². The Morgan fingerprint density at radius 1 is 1.10 bits per heavy atom. The van der Waals surface area contributed by atoms with Crippen LogP contribution in [0.4, 0.5) is 0 Å². The molecule has 156 valence electrons. The molecule has 6 nitrogen and oxygen atoms in total. The third-order valence-electron chi connectivity index (χ3n) is 4.53. The number of nitrogens with one attached hydrogen (secondary N) is 1. The van der Waals surface area contributed by atoms with Crippen LogP contribution in [0.2, 0.25) is 0 Å². The lowest BCUT2D eigenvalue weighted by atomic mass is 9.99. The molecule has 2 aromatic rings. The first-order chi connectivity index (χ1) is 13.9. The highest BCUT2D eigenvalue weighted by molar-refractivity contribution is 7.89. The van der Waals surface area contributed by atoms with Crippen molar-refractivity contribution in [2.45, 2.75) is 44.2 Å². The highest BCUT2D eigenvalue weighted by Crippen LogP contribution is 2.18. The summed E-state index contributed by atoms with van der Waals surface area (Å²) in [6, 6.07) is 15.4. The molecule has 0 aliphatic carbocycles. The number of rotatable bonds is 10. The Balaban J connectivity index is 2.28. The smallest absolute Gasteiger partial charge is 0.335 e. The van der Waals surface area contributed by atoms with Crippen LogP contribution in [0, 0.1) is 0 Å². The minimum atomic E-state index is -3.83. The Bertz CT molecular complexity index is 923. The molecule has 7 heteroatoms. The molecule has 0 aromatic heterocycles. The first-order valence-electron chi connectivity index (χ1n) is 9.59. The van der Waals surface area contributed by atoms with Crippen molar-refractivity contribution >= 4 is 16.0 Å². The number of allylic oxidation sites excluding steroid dienone is 1. The van der Waals surface area contributed by atoms with Crippen LogP contribution in [-0.4, -0.2) is 27.0 Å². The van der Waals surface area contributed by atoms with E-state index in [1.807, 2.05) is 30.3 Å². The Kier molecular flexibility index (Phi) is 8.57. The van der Waals surface area contributed by atoms with Gasteiger partial charge in [-0.25, -0.2) is 17.9 Å². The minimum Gasteiger partial charge on any atom is -0.463 e. The SMILES string of the molecule is CC=C(C(=O)OCC)C(CCc1ccccc1)NS(=O)(=O)c1ccc(CN)cc1. The maximum absolute atomic E-state index is 12.9. The lowest BCUT2D eigenvalue weighted by Gasteiger charge is -2.21. The lowest BCUT2D eigenvalue weighted by molar-refractivity contribution is -0.138. The average Bonchev–Trinajstić information content (AvgIpc) is 2.73. The summed E-state index contributed by atoms with van der Waals surface area (Å²) in [5, 5.41) is 0.